The monoisotopic (exact) mass is 322 g/mol. The van der Waals surface area contributed by atoms with Crippen LogP contribution in [0.3, 0.4) is 0 Å². The Hall–Kier alpha value is -1.64. The van der Waals surface area contributed by atoms with E-state index in [9.17, 15) is 22.8 Å². The van der Waals surface area contributed by atoms with E-state index in [4.69, 9.17) is 5.11 Å². The molecule has 0 bridgehead atoms. The van der Waals surface area contributed by atoms with Crippen molar-refractivity contribution in [3.05, 3.63) is 16.1 Å². The lowest BCUT2D eigenvalue weighted by Gasteiger charge is -2.32. The summed E-state index contributed by atoms with van der Waals surface area (Å²) in [5.41, 5.74) is 0. The Morgan fingerprint density at radius 3 is 2.48 bits per heavy atom. The summed E-state index contributed by atoms with van der Waals surface area (Å²) in [6, 6.07) is 0. The van der Waals surface area contributed by atoms with Gasteiger partial charge in [0.05, 0.1) is 11.2 Å². The average Bonchev–Trinajstić information content (AvgIpc) is 2.86. The second-order valence-electron chi connectivity index (χ2n) is 4.86. The van der Waals surface area contributed by atoms with Crippen molar-refractivity contribution in [3.63, 3.8) is 0 Å². The molecule has 0 aliphatic carbocycles. The minimum atomic E-state index is -4.82. The molecule has 0 unspecified atom stereocenters. The van der Waals surface area contributed by atoms with Crippen LogP contribution in [0.25, 0.3) is 0 Å². The number of alkyl halides is 3. The molecule has 1 aliphatic rings. The average molecular weight is 322 g/mol. The highest BCUT2D eigenvalue weighted by atomic mass is 32.1. The van der Waals surface area contributed by atoms with Gasteiger partial charge in [-0.25, -0.2) is 9.78 Å². The first kappa shape index (κ1) is 15.7. The second kappa shape index (κ2) is 6.00. The number of thiazole rings is 1. The second-order valence-corrected chi connectivity index (χ2v) is 5.98. The van der Waals surface area contributed by atoms with Crippen LogP contribution in [0.2, 0.25) is 0 Å². The molecule has 0 aromatic carbocycles. The lowest BCUT2D eigenvalue weighted by Crippen LogP contribution is -2.45. The van der Waals surface area contributed by atoms with Crippen molar-refractivity contribution in [2.24, 2.45) is 5.92 Å². The van der Waals surface area contributed by atoms with Crippen LogP contribution in [-0.2, 0) is 11.2 Å². The van der Waals surface area contributed by atoms with Gasteiger partial charge in [-0.1, -0.05) is 0 Å². The zero-order valence-corrected chi connectivity index (χ0v) is 11.7. The SMILES string of the molecule is O=C(O)c1cnc(CC2CCN(C(=O)C(F)(F)F)CC2)s1. The molecule has 1 amide bonds. The molecule has 21 heavy (non-hydrogen) atoms. The molecule has 116 valence electrons. The number of aromatic carboxylic acids is 1. The third kappa shape index (κ3) is 3.93. The van der Waals surface area contributed by atoms with Crippen molar-refractivity contribution in [1.29, 1.82) is 0 Å². The van der Waals surface area contributed by atoms with Crippen molar-refractivity contribution >= 4 is 23.2 Å². The lowest BCUT2D eigenvalue weighted by atomic mass is 9.94. The van der Waals surface area contributed by atoms with E-state index in [0.29, 0.717) is 24.3 Å². The van der Waals surface area contributed by atoms with Gasteiger partial charge < -0.3 is 10.0 Å². The van der Waals surface area contributed by atoms with Crippen LogP contribution in [0.5, 0.6) is 0 Å². The van der Waals surface area contributed by atoms with Crippen LogP contribution in [0.15, 0.2) is 6.20 Å². The number of hydrogen-bond acceptors (Lipinski definition) is 4. The fraction of sp³-hybridized carbons (Fsp3) is 0.583. The molecular weight excluding hydrogens is 309 g/mol. The largest absolute Gasteiger partial charge is 0.477 e. The van der Waals surface area contributed by atoms with Crippen LogP contribution in [0, 0.1) is 5.92 Å². The van der Waals surface area contributed by atoms with E-state index in [0.717, 1.165) is 16.2 Å². The number of carbonyl (C=O) groups is 2. The minimum Gasteiger partial charge on any atom is -0.477 e. The van der Waals surface area contributed by atoms with Crippen LogP contribution in [-0.4, -0.2) is 46.1 Å². The van der Waals surface area contributed by atoms with Crippen LogP contribution >= 0.6 is 11.3 Å². The highest BCUT2D eigenvalue weighted by Gasteiger charge is 2.43. The molecule has 2 rings (SSSR count). The van der Waals surface area contributed by atoms with Gasteiger partial charge >= 0.3 is 18.1 Å². The molecule has 0 radical (unpaired) electrons. The molecule has 5 nitrogen and oxygen atoms in total. The van der Waals surface area contributed by atoms with Crippen LogP contribution in [0.1, 0.15) is 27.5 Å². The van der Waals surface area contributed by atoms with Crippen molar-refractivity contribution in [1.82, 2.24) is 9.88 Å². The number of carboxylic acid groups (broad SMARTS) is 1. The van der Waals surface area contributed by atoms with Crippen molar-refractivity contribution < 1.29 is 27.9 Å². The molecular formula is C12H13F3N2O3S. The Kier molecular flexibility index (Phi) is 4.50. The molecule has 0 saturated carbocycles. The van der Waals surface area contributed by atoms with Gasteiger partial charge in [0.25, 0.3) is 0 Å². The van der Waals surface area contributed by atoms with Gasteiger partial charge in [-0.05, 0) is 18.8 Å². The number of halogens is 3. The summed E-state index contributed by atoms with van der Waals surface area (Å²) in [6.07, 6.45) is -2.08. The fourth-order valence-electron chi connectivity index (χ4n) is 2.27. The van der Waals surface area contributed by atoms with Crippen molar-refractivity contribution in [3.8, 4) is 0 Å². The summed E-state index contributed by atoms with van der Waals surface area (Å²) in [7, 11) is 0. The summed E-state index contributed by atoms with van der Waals surface area (Å²) in [6.45, 7) is 0.139. The molecule has 0 atom stereocenters. The van der Waals surface area contributed by atoms with Crippen molar-refractivity contribution in [2.45, 2.75) is 25.4 Å². The van der Waals surface area contributed by atoms with E-state index in [-0.39, 0.29) is 23.9 Å². The Balaban J connectivity index is 1.86. The maximum atomic E-state index is 12.3. The maximum absolute atomic E-state index is 12.3. The van der Waals surface area contributed by atoms with Gasteiger partial charge in [-0.3, -0.25) is 4.79 Å². The van der Waals surface area contributed by atoms with E-state index in [1.807, 2.05) is 0 Å². The molecule has 1 aliphatic heterocycles. The van der Waals surface area contributed by atoms with Gasteiger partial charge in [-0.2, -0.15) is 13.2 Å². The van der Waals surface area contributed by atoms with E-state index in [1.165, 1.54) is 6.20 Å². The summed E-state index contributed by atoms with van der Waals surface area (Å²) < 4.78 is 36.9. The Morgan fingerprint density at radius 1 is 1.38 bits per heavy atom. The van der Waals surface area contributed by atoms with Crippen molar-refractivity contribution in [2.75, 3.05) is 13.1 Å². The number of carboxylic acids is 1. The van der Waals surface area contributed by atoms with Crippen LogP contribution < -0.4 is 0 Å². The van der Waals surface area contributed by atoms with E-state index in [2.05, 4.69) is 4.98 Å². The standard InChI is InChI=1S/C12H13F3N2O3S/c13-12(14,15)11(20)17-3-1-7(2-4-17)5-9-16-6-8(21-9)10(18)19/h6-7H,1-5H2,(H,18,19). The van der Waals surface area contributed by atoms with Gasteiger partial charge in [0.15, 0.2) is 0 Å². The first-order valence-electron chi connectivity index (χ1n) is 6.31. The normalized spacial score (nSPS) is 17.0. The number of hydrogen-bond donors (Lipinski definition) is 1. The number of rotatable bonds is 3. The number of piperidine rings is 1. The zero-order valence-electron chi connectivity index (χ0n) is 10.9. The van der Waals surface area contributed by atoms with Gasteiger partial charge in [0, 0.05) is 19.5 Å². The number of likely N-dealkylation sites (tertiary alicyclic amines) is 1. The Bertz CT molecular complexity index is 536. The third-order valence-corrected chi connectivity index (χ3v) is 4.38. The molecule has 1 N–H and O–H groups in total. The quantitative estimate of drug-likeness (QED) is 0.926. The Morgan fingerprint density at radius 2 is 2.00 bits per heavy atom. The maximum Gasteiger partial charge on any atom is 0.471 e. The number of amides is 1. The molecule has 1 saturated heterocycles. The number of aromatic nitrogens is 1. The first-order valence-corrected chi connectivity index (χ1v) is 7.13. The Labute approximate surface area is 122 Å². The summed E-state index contributed by atoms with van der Waals surface area (Å²) in [5.74, 6) is -2.71. The predicted octanol–water partition coefficient (Wildman–Crippen LogP) is 2.18. The smallest absolute Gasteiger partial charge is 0.471 e. The highest BCUT2D eigenvalue weighted by Crippen LogP contribution is 2.27. The van der Waals surface area contributed by atoms with Gasteiger partial charge in [0.2, 0.25) is 0 Å². The molecule has 0 spiro atoms. The first-order chi connectivity index (χ1) is 9.77. The fourth-order valence-corrected chi connectivity index (χ4v) is 3.14. The number of nitrogens with zero attached hydrogens (tertiary/aromatic N) is 2. The topological polar surface area (TPSA) is 70.5 Å². The van der Waals surface area contributed by atoms with E-state index in [1.54, 1.807) is 0 Å². The van der Waals surface area contributed by atoms with E-state index < -0.39 is 18.1 Å². The van der Waals surface area contributed by atoms with Gasteiger partial charge in [-0.15, -0.1) is 11.3 Å². The number of carbonyl (C=O) groups excluding carboxylic acids is 1. The highest BCUT2D eigenvalue weighted by molar-refractivity contribution is 7.13. The molecule has 1 fully saturated rings. The minimum absolute atomic E-state index is 0.0696. The molecule has 1 aromatic heterocycles. The van der Waals surface area contributed by atoms with Crippen LogP contribution in [0.4, 0.5) is 13.2 Å². The lowest BCUT2D eigenvalue weighted by molar-refractivity contribution is -0.186. The summed E-state index contributed by atoms with van der Waals surface area (Å²) in [4.78, 5) is 26.8. The third-order valence-electron chi connectivity index (χ3n) is 3.37. The zero-order chi connectivity index (χ0) is 15.6. The van der Waals surface area contributed by atoms with E-state index >= 15 is 0 Å². The summed E-state index contributed by atoms with van der Waals surface area (Å²) >= 11 is 1.07. The van der Waals surface area contributed by atoms with Gasteiger partial charge in [0.1, 0.15) is 4.88 Å². The molecule has 1 aromatic rings. The summed E-state index contributed by atoms with van der Waals surface area (Å²) in [5, 5.41) is 9.46. The predicted molar refractivity (Wildman–Crippen MR) is 68.1 cm³/mol. The molecule has 9 heteroatoms. The molecule has 2 heterocycles.